The van der Waals surface area contributed by atoms with Crippen LogP contribution in [0.1, 0.15) is 25.0 Å². The largest absolute Gasteiger partial charge is 0.360 e. The maximum atomic E-state index is 11.8. The molecule has 0 unspecified atom stereocenters. The van der Waals surface area contributed by atoms with Crippen LogP contribution in [-0.4, -0.2) is 49.2 Å². The number of carbonyl (C=O) groups is 1. The van der Waals surface area contributed by atoms with Crippen LogP contribution in [0.15, 0.2) is 10.6 Å². The second-order valence-electron chi connectivity index (χ2n) is 5.58. The van der Waals surface area contributed by atoms with Crippen molar-refractivity contribution < 1.29 is 9.32 Å². The number of nitrogens with zero attached hydrogens (tertiary/aromatic N) is 2. The smallest absolute Gasteiger partial charge is 0.226 e. The summed E-state index contributed by atoms with van der Waals surface area (Å²) in [4.78, 5) is 14.0. The number of hydrogen-bond acceptors (Lipinski definition) is 5. The molecule has 2 heterocycles. The molecular formula is C14H24N4O2. The van der Waals surface area contributed by atoms with Gasteiger partial charge in [0.15, 0.2) is 5.82 Å². The van der Waals surface area contributed by atoms with Crippen molar-refractivity contribution in [3.63, 3.8) is 0 Å². The fourth-order valence-electron chi connectivity index (χ4n) is 2.52. The van der Waals surface area contributed by atoms with E-state index in [2.05, 4.69) is 27.7 Å². The molecule has 0 atom stereocenters. The highest BCUT2D eigenvalue weighted by molar-refractivity contribution is 5.89. The summed E-state index contributed by atoms with van der Waals surface area (Å²) in [5.41, 5.74) is 0. The number of aryl methyl sites for hydroxylation is 1. The Kier molecular flexibility index (Phi) is 5.55. The van der Waals surface area contributed by atoms with Crippen molar-refractivity contribution >= 4 is 11.7 Å². The van der Waals surface area contributed by atoms with Crippen molar-refractivity contribution in [1.29, 1.82) is 0 Å². The lowest BCUT2D eigenvalue weighted by Gasteiger charge is -2.27. The van der Waals surface area contributed by atoms with Gasteiger partial charge in [-0.15, -0.1) is 0 Å². The predicted molar refractivity (Wildman–Crippen MR) is 77.6 cm³/mol. The summed E-state index contributed by atoms with van der Waals surface area (Å²) in [6.07, 6.45) is 2.94. The second-order valence-corrected chi connectivity index (χ2v) is 5.58. The molecular weight excluding hydrogens is 256 g/mol. The van der Waals surface area contributed by atoms with Crippen molar-refractivity contribution in [2.45, 2.75) is 26.2 Å². The normalized spacial score (nSPS) is 16.6. The molecule has 1 aromatic heterocycles. The van der Waals surface area contributed by atoms with E-state index in [9.17, 15) is 4.79 Å². The van der Waals surface area contributed by atoms with Crippen LogP contribution >= 0.6 is 0 Å². The van der Waals surface area contributed by atoms with Crippen molar-refractivity contribution in [1.82, 2.24) is 15.4 Å². The molecule has 1 aliphatic heterocycles. The number of aromatic nitrogens is 1. The van der Waals surface area contributed by atoms with Gasteiger partial charge in [-0.3, -0.25) is 4.79 Å². The van der Waals surface area contributed by atoms with Crippen LogP contribution in [0.25, 0.3) is 0 Å². The van der Waals surface area contributed by atoms with Crippen molar-refractivity contribution in [3.8, 4) is 0 Å². The van der Waals surface area contributed by atoms with Crippen LogP contribution in [0.3, 0.4) is 0 Å². The summed E-state index contributed by atoms with van der Waals surface area (Å²) in [7, 11) is 2.08. The van der Waals surface area contributed by atoms with E-state index in [4.69, 9.17) is 4.52 Å². The van der Waals surface area contributed by atoms with E-state index in [1.165, 1.54) is 12.8 Å². The van der Waals surface area contributed by atoms with Gasteiger partial charge in [0.05, 0.1) is 0 Å². The highest BCUT2D eigenvalue weighted by atomic mass is 16.5. The average molecular weight is 280 g/mol. The number of hydrogen-bond donors (Lipinski definition) is 2. The molecule has 6 nitrogen and oxygen atoms in total. The van der Waals surface area contributed by atoms with E-state index >= 15 is 0 Å². The number of rotatable bonds is 6. The molecule has 2 rings (SSSR count). The van der Waals surface area contributed by atoms with E-state index in [0.29, 0.717) is 18.0 Å². The van der Waals surface area contributed by atoms with Gasteiger partial charge < -0.3 is 20.1 Å². The predicted octanol–water partition coefficient (Wildman–Crippen LogP) is 1.24. The SMILES string of the molecule is Cc1cc(NC(=O)CCN(C)CC2CCNCC2)no1. The van der Waals surface area contributed by atoms with Gasteiger partial charge in [0.25, 0.3) is 0 Å². The monoisotopic (exact) mass is 280 g/mol. The Morgan fingerprint density at radius 2 is 2.30 bits per heavy atom. The molecule has 0 saturated carbocycles. The molecule has 0 aromatic carbocycles. The van der Waals surface area contributed by atoms with Gasteiger partial charge in [0.2, 0.25) is 5.91 Å². The summed E-state index contributed by atoms with van der Waals surface area (Å²) in [5, 5.41) is 9.86. The highest BCUT2D eigenvalue weighted by Gasteiger charge is 2.15. The summed E-state index contributed by atoms with van der Waals surface area (Å²) < 4.78 is 4.91. The molecule has 2 N–H and O–H groups in total. The Morgan fingerprint density at radius 1 is 1.55 bits per heavy atom. The number of carbonyl (C=O) groups excluding carboxylic acids is 1. The van der Waals surface area contributed by atoms with E-state index in [1.807, 2.05) is 0 Å². The molecule has 1 amide bonds. The topological polar surface area (TPSA) is 70.4 Å². The van der Waals surface area contributed by atoms with Crippen LogP contribution in [0.2, 0.25) is 0 Å². The van der Waals surface area contributed by atoms with E-state index < -0.39 is 0 Å². The summed E-state index contributed by atoms with van der Waals surface area (Å²) in [6.45, 7) is 5.87. The fraction of sp³-hybridized carbons (Fsp3) is 0.714. The molecule has 1 aromatic rings. The van der Waals surface area contributed by atoms with Gasteiger partial charge >= 0.3 is 0 Å². The first-order valence-electron chi connectivity index (χ1n) is 7.26. The first-order chi connectivity index (χ1) is 9.63. The Hall–Kier alpha value is -1.40. The minimum Gasteiger partial charge on any atom is -0.360 e. The van der Waals surface area contributed by atoms with Crippen molar-refractivity contribution in [2.24, 2.45) is 5.92 Å². The zero-order valence-corrected chi connectivity index (χ0v) is 12.3. The van der Waals surface area contributed by atoms with Crippen LogP contribution in [0.5, 0.6) is 0 Å². The van der Waals surface area contributed by atoms with Gasteiger partial charge in [-0.2, -0.15) is 0 Å². The molecule has 6 heteroatoms. The number of nitrogens with one attached hydrogen (secondary N) is 2. The van der Waals surface area contributed by atoms with E-state index in [1.54, 1.807) is 13.0 Å². The van der Waals surface area contributed by atoms with Crippen molar-refractivity contribution in [2.75, 3.05) is 38.5 Å². The van der Waals surface area contributed by atoms with Crippen LogP contribution in [0.4, 0.5) is 5.82 Å². The standard InChI is InChI=1S/C14H24N4O2/c1-11-9-13(17-20-11)16-14(19)5-8-18(2)10-12-3-6-15-7-4-12/h9,12,15H,3-8,10H2,1-2H3,(H,16,17,19). The Labute approximate surface area is 119 Å². The average Bonchev–Trinajstić information content (AvgIpc) is 2.83. The number of anilines is 1. The molecule has 1 saturated heterocycles. The van der Waals surface area contributed by atoms with Gasteiger partial charge in [-0.25, -0.2) is 0 Å². The van der Waals surface area contributed by atoms with Gasteiger partial charge in [0, 0.05) is 25.6 Å². The lowest BCUT2D eigenvalue weighted by Crippen LogP contribution is -2.35. The highest BCUT2D eigenvalue weighted by Crippen LogP contribution is 2.13. The molecule has 0 spiro atoms. The fourth-order valence-corrected chi connectivity index (χ4v) is 2.52. The third kappa shape index (κ3) is 4.94. The maximum absolute atomic E-state index is 11.8. The van der Waals surface area contributed by atoms with Crippen molar-refractivity contribution in [3.05, 3.63) is 11.8 Å². The molecule has 0 bridgehead atoms. The molecule has 112 valence electrons. The number of amides is 1. The minimum atomic E-state index is -0.0181. The molecule has 20 heavy (non-hydrogen) atoms. The molecule has 0 radical (unpaired) electrons. The van der Waals surface area contributed by atoms with Crippen LogP contribution in [0, 0.1) is 12.8 Å². The maximum Gasteiger partial charge on any atom is 0.226 e. The molecule has 1 aliphatic rings. The quantitative estimate of drug-likeness (QED) is 0.820. The Morgan fingerprint density at radius 3 is 2.95 bits per heavy atom. The van der Waals surface area contributed by atoms with Crippen LogP contribution < -0.4 is 10.6 Å². The Balaban J connectivity index is 1.64. The van der Waals surface area contributed by atoms with E-state index in [0.717, 1.165) is 32.1 Å². The lowest BCUT2D eigenvalue weighted by molar-refractivity contribution is -0.116. The summed E-state index contributed by atoms with van der Waals surface area (Å²) in [6, 6.07) is 1.72. The third-order valence-electron chi connectivity index (χ3n) is 3.64. The van der Waals surface area contributed by atoms with Gasteiger partial charge in [-0.1, -0.05) is 5.16 Å². The lowest BCUT2D eigenvalue weighted by atomic mass is 9.98. The second kappa shape index (κ2) is 7.40. The number of piperidine rings is 1. The zero-order valence-electron chi connectivity index (χ0n) is 12.3. The summed E-state index contributed by atoms with van der Waals surface area (Å²) >= 11 is 0. The Bertz CT molecular complexity index is 427. The van der Waals surface area contributed by atoms with Gasteiger partial charge in [0.1, 0.15) is 5.76 Å². The first-order valence-corrected chi connectivity index (χ1v) is 7.26. The first kappa shape index (κ1) is 15.0. The molecule has 1 fully saturated rings. The van der Waals surface area contributed by atoms with E-state index in [-0.39, 0.29) is 5.91 Å². The third-order valence-corrected chi connectivity index (χ3v) is 3.64. The molecule has 0 aliphatic carbocycles. The van der Waals surface area contributed by atoms with Gasteiger partial charge in [-0.05, 0) is 45.8 Å². The zero-order chi connectivity index (χ0) is 14.4. The van der Waals surface area contributed by atoms with Crippen LogP contribution in [-0.2, 0) is 4.79 Å². The minimum absolute atomic E-state index is 0.0181. The summed E-state index contributed by atoms with van der Waals surface area (Å²) in [5.74, 6) is 1.93.